The molecule has 3 N–H and O–H groups in total. The Kier molecular flexibility index (Phi) is 5.42. The first-order valence-corrected chi connectivity index (χ1v) is 7.40. The van der Waals surface area contributed by atoms with Gasteiger partial charge in [-0.15, -0.1) is 10.2 Å². The van der Waals surface area contributed by atoms with Crippen molar-refractivity contribution in [1.29, 1.82) is 0 Å². The van der Waals surface area contributed by atoms with E-state index in [1.54, 1.807) is 4.57 Å². The van der Waals surface area contributed by atoms with Gasteiger partial charge in [0.05, 0.1) is 5.75 Å². The van der Waals surface area contributed by atoms with Gasteiger partial charge in [-0.1, -0.05) is 18.7 Å². The van der Waals surface area contributed by atoms with Gasteiger partial charge in [-0.3, -0.25) is 13.6 Å². The summed E-state index contributed by atoms with van der Waals surface area (Å²) in [5.41, 5.74) is 5.61. The van der Waals surface area contributed by atoms with Crippen LogP contribution < -0.4 is 5.73 Å². The fourth-order valence-corrected chi connectivity index (χ4v) is 2.45. The van der Waals surface area contributed by atoms with Crippen molar-refractivity contribution in [3.8, 4) is 0 Å². The number of rotatable bonds is 7. The highest BCUT2D eigenvalue weighted by molar-refractivity contribution is 7.99. The molecule has 0 saturated heterocycles. The number of aromatic nitrogens is 3. The van der Waals surface area contributed by atoms with Gasteiger partial charge in [-0.25, -0.2) is 0 Å². The molecule has 1 rings (SSSR count). The van der Waals surface area contributed by atoms with Crippen molar-refractivity contribution in [1.82, 2.24) is 14.8 Å². The molecule has 0 fully saturated rings. The third kappa shape index (κ3) is 4.35. The molecule has 1 aromatic rings. The summed E-state index contributed by atoms with van der Waals surface area (Å²) in [5, 5.41) is 16.5. The van der Waals surface area contributed by atoms with Crippen LogP contribution in [0.15, 0.2) is 5.16 Å². The van der Waals surface area contributed by atoms with Crippen LogP contribution in [-0.4, -0.2) is 47.3 Å². The first-order chi connectivity index (χ1) is 8.04. The lowest BCUT2D eigenvalue weighted by molar-refractivity contribution is -0.133. The van der Waals surface area contributed by atoms with E-state index in [1.807, 2.05) is 6.92 Å². The van der Waals surface area contributed by atoms with E-state index in [9.17, 15) is 9.00 Å². The number of anilines is 1. The molecule has 9 heteroatoms. The van der Waals surface area contributed by atoms with Gasteiger partial charge in [0.25, 0.3) is 0 Å². The van der Waals surface area contributed by atoms with Crippen molar-refractivity contribution in [3.63, 3.8) is 0 Å². The smallest absolute Gasteiger partial charge is 0.313 e. The van der Waals surface area contributed by atoms with Gasteiger partial charge >= 0.3 is 5.97 Å². The van der Waals surface area contributed by atoms with Gasteiger partial charge in [0.1, 0.15) is 0 Å². The van der Waals surface area contributed by atoms with E-state index in [1.165, 1.54) is 0 Å². The Bertz CT molecular complexity index is 421. The first kappa shape index (κ1) is 14.0. The largest absolute Gasteiger partial charge is 0.481 e. The summed E-state index contributed by atoms with van der Waals surface area (Å²) in [7, 11) is -0.898. The number of carbonyl (C=O) groups is 1. The zero-order valence-corrected chi connectivity index (χ0v) is 11.0. The van der Waals surface area contributed by atoms with Crippen molar-refractivity contribution >= 4 is 34.5 Å². The quantitative estimate of drug-likeness (QED) is 0.665. The normalized spacial score (nSPS) is 12.5. The summed E-state index contributed by atoms with van der Waals surface area (Å²) in [6.45, 7) is 2.27. The molecule has 0 bridgehead atoms. The summed E-state index contributed by atoms with van der Waals surface area (Å²) in [5.74, 6) is 0.222. The Morgan fingerprint density at radius 2 is 2.29 bits per heavy atom. The third-order valence-corrected chi connectivity index (χ3v) is 4.17. The lowest BCUT2D eigenvalue weighted by Crippen LogP contribution is -2.12. The SMILES string of the molecule is CCS(=O)CCn1c(N)nnc1SCC(=O)O. The van der Waals surface area contributed by atoms with E-state index in [-0.39, 0.29) is 11.7 Å². The van der Waals surface area contributed by atoms with Gasteiger partial charge in [0.15, 0.2) is 5.16 Å². The molecule has 1 aromatic heterocycles. The number of nitrogens with zero attached hydrogens (tertiary/aromatic N) is 3. The molecule has 0 aliphatic rings. The second-order valence-electron chi connectivity index (χ2n) is 3.11. The molecule has 0 aliphatic heterocycles. The summed E-state index contributed by atoms with van der Waals surface area (Å²) >= 11 is 1.05. The molecule has 1 unspecified atom stereocenters. The molecule has 96 valence electrons. The van der Waals surface area contributed by atoms with E-state index < -0.39 is 16.8 Å². The highest BCUT2D eigenvalue weighted by atomic mass is 32.2. The van der Waals surface area contributed by atoms with Gasteiger partial charge < -0.3 is 10.8 Å². The monoisotopic (exact) mass is 278 g/mol. The number of carboxylic acid groups (broad SMARTS) is 1. The molecule has 17 heavy (non-hydrogen) atoms. The van der Waals surface area contributed by atoms with Crippen LogP contribution in [0, 0.1) is 0 Å². The Hall–Kier alpha value is -1.09. The number of thioether (sulfide) groups is 1. The molecule has 0 saturated carbocycles. The maximum Gasteiger partial charge on any atom is 0.313 e. The molecule has 7 nitrogen and oxygen atoms in total. The fourth-order valence-electron chi connectivity index (χ4n) is 1.08. The van der Waals surface area contributed by atoms with Crippen LogP contribution >= 0.6 is 11.8 Å². The number of nitrogens with two attached hydrogens (primary N) is 1. The van der Waals surface area contributed by atoms with Crippen LogP contribution in [0.5, 0.6) is 0 Å². The predicted molar refractivity (Wildman–Crippen MR) is 66.3 cm³/mol. The Morgan fingerprint density at radius 3 is 2.88 bits per heavy atom. The van der Waals surface area contributed by atoms with E-state index in [4.69, 9.17) is 10.8 Å². The summed E-state index contributed by atoms with van der Waals surface area (Å²) in [4.78, 5) is 10.4. The topological polar surface area (TPSA) is 111 Å². The Labute approximate surface area is 105 Å². The summed E-state index contributed by atoms with van der Waals surface area (Å²) in [6.07, 6.45) is 0. The van der Waals surface area contributed by atoms with E-state index in [0.717, 1.165) is 11.8 Å². The second kappa shape index (κ2) is 6.60. The van der Waals surface area contributed by atoms with Crippen LogP contribution in [0.1, 0.15) is 6.92 Å². The van der Waals surface area contributed by atoms with E-state index in [0.29, 0.717) is 23.2 Å². The van der Waals surface area contributed by atoms with Crippen LogP contribution in [0.2, 0.25) is 0 Å². The van der Waals surface area contributed by atoms with Crippen LogP contribution in [0.4, 0.5) is 5.95 Å². The van der Waals surface area contributed by atoms with Crippen molar-refractivity contribution in [3.05, 3.63) is 0 Å². The molecule has 0 spiro atoms. The van der Waals surface area contributed by atoms with Crippen LogP contribution in [-0.2, 0) is 22.1 Å². The maximum atomic E-state index is 11.3. The highest BCUT2D eigenvalue weighted by Crippen LogP contribution is 2.17. The molecule has 0 aromatic carbocycles. The maximum absolute atomic E-state index is 11.3. The van der Waals surface area contributed by atoms with Crippen molar-refractivity contribution in [2.45, 2.75) is 18.6 Å². The summed E-state index contributed by atoms with van der Waals surface area (Å²) in [6, 6.07) is 0. The van der Waals surface area contributed by atoms with E-state index >= 15 is 0 Å². The number of aliphatic carboxylic acids is 1. The molecule has 0 amide bonds. The molecular weight excluding hydrogens is 264 g/mol. The second-order valence-corrected chi connectivity index (χ2v) is 5.92. The van der Waals surface area contributed by atoms with Gasteiger partial charge in [-0.05, 0) is 0 Å². The fraction of sp³-hybridized carbons (Fsp3) is 0.625. The first-order valence-electron chi connectivity index (χ1n) is 4.92. The minimum atomic E-state index is -0.930. The van der Waals surface area contributed by atoms with Crippen LogP contribution in [0.3, 0.4) is 0 Å². The average Bonchev–Trinajstić information content (AvgIpc) is 2.64. The number of hydrogen-bond acceptors (Lipinski definition) is 6. The lowest BCUT2D eigenvalue weighted by Gasteiger charge is -2.06. The molecule has 1 atom stereocenters. The van der Waals surface area contributed by atoms with Crippen LogP contribution in [0.25, 0.3) is 0 Å². The molecule has 0 radical (unpaired) electrons. The van der Waals surface area contributed by atoms with Crippen molar-refractivity contribution < 1.29 is 14.1 Å². The standard InChI is InChI=1S/C8H14N4O3S2/c1-2-17(15)4-3-12-7(9)10-11-8(12)16-5-6(13)14/h2-5H2,1H3,(H2,9,10)(H,13,14). The average molecular weight is 278 g/mol. The molecule has 0 aliphatic carbocycles. The predicted octanol–water partition coefficient (Wildman–Crippen LogP) is -0.194. The Morgan fingerprint density at radius 1 is 1.59 bits per heavy atom. The third-order valence-electron chi connectivity index (χ3n) is 1.93. The minimum Gasteiger partial charge on any atom is -0.481 e. The van der Waals surface area contributed by atoms with Crippen molar-refractivity contribution in [2.75, 3.05) is 23.0 Å². The van der Waals surface area contributed by atoms with Gasteiger partial charge in [0, 0.05) is 28.9 Å². The lowest BCUT2D eigenvalue weighted by atomic mass is 10.7. The van der Waals surface area contributed by atoms with Gasteiger partial charge in [0.2, 0.25) is 5.95 Å². The van der Waals surface area contributed by atoms with E-state index in [2.05, 4.69) is 10.2 Å². The summed E-state index contributed by atoms with van der Waals surface area (Å²) < 4.78 is 12.9. The molecular formula is C8H14N4O3S2. The number of carboxylic acids is 1. The number of nitrogen functional groups attached to an aromatic ring is 1. The Balaban J connectivity index is 2.65. The number of hydrogen-bond donors (Lipinski definition) is 2. The highest BCUT2D eigenvalue weighted by Gasteiger charge is 2.12. The zero-order valence-electron chi connectivity index (χ0n) is 9.33. The van der Waals surface area contributed by atoms with Crippen molar-refractivity contribution in [2.24, 2.45) is 0 Å². The zero-order chi connectivity index (χ0) is 12.8. The minimum absolute atomic E-state index is 0.102. The molecule has 1 heterocycles. The van der Waals surface area contributed by atoms with Gasteiger partial charge in [-0.2, -0.15) is 0 Å².